The molecule has 1 aromatic heterocycles. The van der Waals surface area contributed by atoms with Crippen molar-refractivity contribution in [1.29, 1.82) is 0 Å². The van der Waals surface area contributed by atoms with Gasteiger partial charge in [0.05, 0.1) is 0 Å². The number of carbonyl (C=O) groups is 1. The van der Waals surface area contributed by atoms with Crippen molar-refractivity contribution < 1.29 is 4.79 Å². The van der Waals surface area contributed by atoms with E-state index in [-0.39, 0.29) is 5.91 Å². The van der Waals surface area contributed by atoms with Crippen LogP contribution >= 0.6 is 0 Å². The van der Waals surface area contributed by atoms with Crippen LogP contribution in [-0.4, -0.2) is 34.9 Å². The number of anilines is 1. The summed E-state index contributed by atoms with van der Waals surface area (Å²) in [7, 11) is 0. The van der Waals surface area contributed by atoms with Crippen molar-refractivity contribution in [2.45, 2.75) is 40.2 Å². The molecule has 0 bridgehead atoms. The van der Waals surface area contributed by atoms with Crippen molar-refractivity contribution in [2.75, 3.05) is 18.4 Å². The Labute approximate surface area is 115 Å². The van der Waals surface area contributed by atoms with Gasteiger partial charge in [-0.25, -0.2) is 4.98 Å². The fourth-order valence-corrected chi connectivity index (χ4v) is 2.81. The van der Waals surface area contributed by atoms with E-state index in [0.29, 0.717) is 12.0 Å². The van der Waals surface area contributed by atoms with E-state index < -0.39 is 0 Å². The van der Waals surface area contributed by atoms with Crippen LogP contribution in [0.3, 0.4) is 0 Å². The summed E-state index contributed by atoms with van der Waals surface area (Å²) < 4.78 is 0. The molecule has 0 aliphatic carbocycles. The van der Waals surface area contributed by atoms with E-state index in [0.717, 1.165) is 36.6 Å². The first-order valence-electron chi connectivity index (χ1n) is 7.04. The molecule has 1 fully saturated rings. The molecule has 2 atom stereocenters. The lowest BCUT2D eigenvalue weighted by Crippen LogP contribution is -2.34. The average molecular weight is 261 g/mol. The van der Waals surface area contributed by atoms with Crippen molar-refractivity contribution >= 4 is 11.7 Å². The zero-order valence-corrected chi connectivity index (χ0v) is 12.2. The summed E-state index contributed by atoms with van der Waals surface area (Å²) in [5.41, 5.74) is 1.62. The smallest absolute Gasteiger partial charge is 0.254 e. The molecule has 0 aromatic carbocycles. The van der Waals surface area contributed by atoms with E-state index in [1.54, 1.807) is 0 Å². The average Bonchev–Trinajstić information content (AvgIpc) is 2.67. The molecule has 0 spiro atoms. The van der Waals surface area contributed by atoms with Gasteiger partial charge in [-0.2, -0.15) is 0 Å². The van der Waals surface area contributed by atoms with Crippen LogP contribution in [0.15, 0.2) is 12.1 Å². The van der Waals surface area contributed by atoms with Gasteiger partial charge < -0.3 is 10.2 Å². The van der Waals surface area contributed by atoms with Gasteiger partial charge in [-0.3, -0.25) is 4.79 Å². The van der Waals surface area contributed by atoms with Crippen molar-refractivity contribution in [3.8, 4) is 0 Å². The van der Waals surface area contributed by atoms with Gasteiger partial charge in [0, 0.05) is 30.4 Å². The van der Waals surface area contributed by atoms with Crippen LogP contribution in [0.2, 0.25) is 0 Å². The first-order valence-corrected chi connectivity index (χ1v) is 7.04. The van der Waals surface area contributed by atoms with Crippen LogP contribution in [0, 0.1) is 12.8 Å². The molecule has 19 heavy (non-hydrogen) atoms. The molecule has 0 saturated carbocycles. The van der Waals surface area contributed by atoms with E-state index in [4.69, 9.17) is 0 Å². The molecule has 2 unspecified atom stereocenters. The number of aryl methyl sites for hydroxylation is 1. The molecule has 1 N–H and O–H groups in total. The quantitative estimate of drug-likeness (QED) is 0.910. The van der Waals surface area contributed by atoms with Gasteiger partial charge in [0.1, 0.15) is 5.82 Å². The minimum atomic E-state index is 0.126. The van der Waals surface area contributed by atoms with Gasteiger partial charge >= 0.3 is 0 Å². The Hall–Kier alpha value is -1.58. The topological polar surface area (TPSA) is 45.2 Å². The molecule has 2 heterocycles. The monoisotopic (exact) mass is 261 g/mol. The molecule has 1 aromatic rings. The fourth-order valence-electron chi connectivity index (χ4n) is 2.81. The molecule has 1 aliphatic rings. The summed E-state index contributed by atoms with van der Waals surface area (Å²) in [6.45, 7) is 9.94. The Morgan fingerprint density at radius 1 is 1.47 bits per heavy atom. The largest absolute Gasteiger partial charge is 0.370 e. The predicted octanol–water partition coefficient (Wildman–Crippen LogP) is 2.69. The number of aromatic nitrogens is 1. The zero-order valence-electron chi connectivity index (χ0n) is 12.2. The molecular weight excluding hydrogens is 238 g/mol. The maximum atomic E-state index is 12.6. The molecule has 4 heteroatoms. The highest BCUT2D eigenvalue weighted by Gasteiger charge is 2.30. The van der Waals surface area contributed by atoms with Gasteiger partial charge in [-0.15, -0.1) is 0 Å². The van der Waals surface area contributed by atoms with E-state index >= 15 is 0 Å². The predicted molar refractivity (Wildman–Crippen MR) is 77.4 cm³/mol. The third kappa shape index (κ3) is 3.06. The second-order valence-electron chi connectivity index (χ2n) is 5.56. The van der Waals surface area contributed by atoms with E-state index in [1.807, 2.05) is 30.9 Å². The number of pyridine rings is 1. The Morgan fingerprint density at radius 2 is 2.21 bits per heavy atom. The van der Waals surface area contributed by atoms with Gasteiger partial charge in [-0.1, -0.05) is 6.92 Å². The highest BCUT2D eigenvalue weighted by Crippen LogP contribution is 2.25. The van der Waals surface area contributed by atoms with Crippen LogP contribution in [0.4, 0.5) is 5.82 Å². The highest BCUT2D eigenvalue weighted by atomic mass is 16.2. The summed E-state index contributed by atoms with van der Waals surface area (Å²) in [6, 6.07) is 4.06. The number of nitrogens with one attached hydrogen (secondary N) is 1. The normalized spacial score (nSPS) is 22.6. The maximum absolute atomic E-state index is 12.6. The van der Waals surface area contributed by atoms with Gasteiger partial charge in [0.15, 0.2) is 0 Å². The number of carbonyl (C=O) groups excluding carboxylic acids is 1. The molecule has 0 radical (unpaired) electrons. The number of likely N-dealkylation sites (tertiary alicyclic amines) is 1. The Morgan fingerprint density at radius 3 is 2.79 bits per heavy atom. The van der Waals surface area contributed by atoms with Crippen LogP contribution < -0.4 is 5.32 Å². The molecule has 2 rings (SSSR count). The third-order valence-corrected chi connectivity index (χ3v) is 3.60. The number of nitrogens with zero attached hydrogens (tertiary/aromatic N) is 2. The lowest BCUT2D eigenvalue weighted by atomic mass is 10.1. The Bertz CT molecular complexity index is 472. The first kappa shape index (κ1) is 13.8. The number of hydrogen-bond acceptors (Lipinski definition) is 3. The zero-order chi connectivity index (χ0) is 14.0. The van der Waals surface area contributed by atoms with Crippen molar-refractivity contribution in [3.05, 3.63) is 23.4 Å². The molecule has 1 saturated heterocycles. The number of hydrogen-bond donors (Lipinski definition) is 1. The standard InChI is InChI=1S/C15H23N3O/c1-5-16-14-8-13(7-11(3)17-14)15(19)18-9-10(2)6-12(18)4/h7-8,10,12H,5-6,9H2,1-4H3,(H,16,17). The third-order valence-electron chi connectivity index (χ3n) is 3.60. The van der Waals surface area contributed by atoms with E-state index in [2.05, 4.69) is 24.1 Å². The minimum Gasteiger partial charge on any atom is -0.370 e. The SMILES string of the molecule is CCNc1cc(C(=O)N2CC(C)CC2C)cc(C)n1. The van der Waals surface area contributed by atoms with Crippen LogP contribution in [0.25, 0.3) is 0 Å². The summed E-state index contributed by atoms with van der Waals surface area (Å²) in [6.07, 6.45) is 1.09. The van der Waals surface area contributed by atoms with Crippen molar-refractivity contribution in [3.63, 3.8) is 0 Å². The van der Waals surface area contributed by atoms with Crippen LogP contribution in [-0.2, 0) is 0 Å². The van der Waals surface area contributed by atoms with Crippen molar-refractivity contribution in [2.24, 2.45) is 5.92 Å². The fraction of sp³-hybridized carbons (Fsp3) is 0.600. The Balaban J connectivity index is 2.23. The van der Waals surface area contributed by atoms with Gasteiger partial charge in [0.2, 0.25) is 0 Å². The second-order valence-corrected chi connectivity index (χ2v) is 5.56. The minimum absolute atomic E-state index is 0.126. The second kappa shape index (κ2) is 5.59. The highest BCUT2D eigenvalue weighted by molar-refractivity contribution is 5.95. The summed E-state index contributed by atoms with van der Waals surface area (Å²) in [4.78, 5) is 18.9. The Kier molecular flexibility index (Phi) is 4.08. The lowest BCUT2D eigenvalue weighted by molar-refractivity contribution is 0.0743. The molecule has 4 nitrogen and oxygen atoms in total. The molecule has 1 amide bonds. The summed E-state index contributed by atoms with van der Waals surface area (Å²) >= 11 is 0. The van der Waals surface area contributed by atoms with E-state index in [9.17, 15) is 4.79 Å². The summed E-state index contributed by atoms with van der Waals surface area (Å²) in [5.74, 6) is 1.50. The molecular formula is C15H23N3O. The maximum Gasteiger partial charge on any atom is 0.254 e. The first-order chi connectivity index (χ1) is 9.01. The number of amides is 1. The van der Waals surface area contributed by atoms with Crippen molar-refractivity contribution in [1.82, 2.24) is 9.88 Å². The van der Waals surface area contributed by atoms with Crippen LogP contribution in [0.5, 0.6) is 0 Å². The molecule has 104 valence electrons. The summed E-state index contributed by atoms with van der Waals surface area (Å²) in [5, 5.41) is 3.17. The van der Waals surface area contributed by atoms with E-state index in [1.165, 1.54) is 0 Å². The number of rotatable bonds is 3. The lowest BCUT2D eigenvalue weighted by Gasteiger charge is -2.22. The molecule has 1 aliphatic heterocycles. The van der Waals surface area contributed by atoms with Crippen LogP contribution in [0.1, 0.15) is 43.2 Å². The van der Waals surface area contributed by atoms with Gasteiger partial charge in [-0.05, 0) is 45.2 Å². The van der Waals surface area contributed by atoms with Gasteiger partial charge in [0.25, 0.3) is 5.91 Å².